The van der Waals surface area contributed by atoms with Crippen LogP contribution in [0.2, 0.25) is 0 Å². The van der Waals surface area contributed by atoms with Gasteiger partial charge in [0.1, 0.15) is 6.29 Å². The minimum Gasteiger partial charge on any atom is -0.304 e. The molecule has 38 valence electrons. The predicted octanol–water partition coefficient (Wildman–Crippen LogP) is 1.45. The Morgan fingerprint density at radius 1 is 1.83 bits per heavy atom. The van der Waals surface area contributed by atoms with Gasteiger partial charge in [0.25, 0.3) is 0 Å². The fourth-order valence-electron chi connectivity index (χ4n) is 0. The van der Waals surface area contributed by atoms with E-state index < -0.39 is 0 Å². The topological polar surface area (TPSA) is 17.1 Å². The number of alkyl halides is 1. The molecule has 0 aromatic rings. The average Bonchev–Trinajstić information content (AvgIpc) is 1.39. The van der Waals surface area contributed by atoms with Gasteiger partial charge in [-0.2, -0.15) is 0 Å². The van der Waals surface area contributed by atoms with Gasteiger partial charge < -0.3 is 4.79 Å². The highest BCUT2D eigenvalue weighted by Gasteiger charge is 1.38. The van der Waals surface area contributed by atoms with Crippen molar-refractivity contribution >= 4 is 17.9 Å². The van der Waals surface area contributed by atoms with Gasteiger partial charge in [0.15, 0.2) is 0 Å². The number of hydrogen-bond donors (Lipinski definition) is 0. The molecule has 0 aromatic heterocycles. The van der Waals surface area contributed by atoms with Crippen LogP contribution in [0.15, 0.2) is 0 Å². The molecule has 0 rings (SSSR count). The average molecular weight is 109 g/mol. The third-order valence-electron chi connectivity index (χ3n) is 0. The van der Waals surface area contributed by atoms with Crippen molar-refractivity contribution < 1.29 is 4.79 Å². The molecule has 2 heteroatoms. The lowest BCUT2D eigenvalue weighted by Crippen LogP contribution is -1.36. The first-order valence-electron chi connectivity index (χ1n) is 1.79. The molecule has 0 saturated heterocycles. The smallest absolute Gasteiger partial charge is 0.116 e. The Labute approximate surface area is 43.3 Å². The van der Waals surface area contributed by atoms with E-state index in [2.05, 4.69) is 0 Å². The quantitative estimate of drug-likeness (QED) is 0.339. The highest BCUT2D eigenvalue weighted by atomic mass is 35.5. The number of hydrogen-bond acceptors (Lipinski definition) is 1. The molecular weight excluding hydrogens is 99.5 g/mol. The Balaban J connectivity index is 0. The summed E-state index contributed by atoms with van der Waals surface area (Å²) in [6.45, 7) is 3.33. The maximum atomic E-state index is 8.81. The van der Waals surface area contributed by atoms with Gasteiger partial charge in [0.05, 0.1) is 0 Å². The summed E-state index contributed by atoms with van der Waals surface area (Å²) >= 11 is 5.00. The third-order valence-corrected chi connectivity index (χ3v) is 0. The lowest BCUT2D eigenvalue weighted by Gasteiger charge is -1.45. The zero-order valence-corrected chi connectivity index (χ0v) is 4.83. The van der Waals surface area contributed by atoms with Gasteiger partial charge in [-0.1, -0.05) is 6.92 Å². The molecule has 1 nitrogen and oxygen atoms in total. The van der Waals surface area contributed by atoms with Crippen LogP contribution in [0.1, 0.15) is 13.8 Å². The molecule has 0 unspecified atom stereocenters. The second-order valence-electron chi connectivity index (χ2n) is 0.503. The molecular formula is C4H9ClO. The summed E-state index contributed by atoms with van der Waals surface area (Å²) in [4.78, 5) is 8.81. The fourth-order valence-corrected chi connectivity index (χ4v) is 0. The first-order chi connectivity index (χ1) is 2.83. The van der Waals surface area contributed by atoms with Crippen LogP contribution in [0, 0.1) is 0 Å². The molecule has 0 fully saturated rings. The van der Waals surface area contributed by atoms with E-state index >= 15 is 0 Å². The van der Waals surface area contributed by atoms with Crippen molar-refractivity contribution in [2.75, 3.05) is 5.88 Å². The summed E-state index contributed by atoms with van der Waals surface area (Å²) in [6, 6.07) is 0. The van der Waals surface area contributed by atoms with Crippen molar-refractivity contribution in [1.82, 2.24) is 0 Å². The van der Waals surface area contributed by atoms with Gasteiger partial charge in [0, 0.05) is 5.88 Å². The zero-order valence-electron chi connectivity index (χ0n) is 4.07. The molecule has 0 aliphatic rings. The van der Waals surface area contributed by atoms with Crippen molar-refractivity contribution in [3.63, 3.8) is 0 Å². The first kappa shape index (κ1) is 9.35. The van der Waals surface area contributed by atoms with Crippen LogP contribution in [0.4, 0.5) is 0 Å². The van der Waals surface area contributed by atoms with Crippen molar-refractivity contribution in [2.45, 2.75) is 13.8 Å². The number of carbonyl (C=O) groups excluding carboxylic acids is 1. The standard InChI is InChI=1S/C2H5Cl.C2H4O/c2*1-2-3/h2H2,1H3;2H,1H3. The van der Waals surface area contributed by atoms with E-state index in [0.29, 0.717) is 0 Å². The lowest BCUT2D eigenvalue weighted by molar-refractivity contribution is -0.106. The van der Waals surface area contributed by atoms with E-state index in [1.165, 1.54) is 6.92 Å². The summed E-state index contributed by atoms with van der Waals surface area (Å²) in [6.07, 6.45) is 0.750. The number of carbonyl (C=O) groups is 1. The van der Waals surface area contributed by atoms with E-state index in [0.717, 1.165) is 12.2 Å². The largest absolute Gasteiger partial charge is 0.304 e. The number of halogens is 1. The van der Waals surface area contributed by atoms with Crippen molar-refractivity contribution in [3.05, 3.63) is 0 Å². The highest BCUT2D eigenvalue weighted by molar-refractivity contribution is 6.17. The van der Waals surface area contributed by atoms with Gasteiger partial charge in [-0.3, -0.25) is 0 Å². The van der Waals surface area contributed by atoms with E-state index in [1.807, 2.05) is 6.92 Å². The molecule has 0 amide bonds. The highest BCUT2D eigenvalue weighted by Crippen LogP contribution is 1.59. The van der Waals surface area contributed by atoms with E-state index in [9.17, 15) is 0 Å². The molecule has 0 spiro atoms. The van der Waals surface area contributed by atoms with Gasteiger partial charge in [0.2, 0.25) is 0 Å². The summed E-state index contributed by atoms with van der Waals surface area (Å²) in [7, 11) is 0. The van der Waals surface area contributed by atoms with Crippen LogP contribution >= 0.6 is 11.6 Å². The minimum absolute atomic E-state index is 0.722. The number of aldehydes is 1. The molecule has 0 radical (unpaired) electrons. The van der Waals surface area contributed by atoms with Gasteiger partial charge in [-0.05, 0) is 6.92 Å². The summed E-state index contributed by atoms with van der Waals surface area (Å²) in [5.41, 5.74) is 0. The molecule has 0 N–H and O–H groups in total. The lowest BCUT2D eigenvalue weighted by atomic mass is 11.0. The van der Waals surface area contributed by atoms with Gasteiger partial charge in [-0.25, -0.2) is 0 Å². The van der Waals surface area contributed by atoms with Crippen LogP contribution in [-0.4, -0.2) is 12.2 Å². The van der Waals surface area contributed by atoms with Crippen LogP contribution in [0.25, 0.3) is 0 Å². The van der Waals surface area contributed by atoms with Crippen molar-refractivity contribution in [3.8, 4) is 0 Å². The fraction of sp³-hybridized carbons (Fsp3) is 0.750. The Bertz CT molecular complexity index is 21.5. The minimum atomic E-state index is 0.722. The van der Waals surface area contributed by atoms with Gasteiger partial charge in [-0.15, -0.1) is 11.6 Å². The normalized spacial score (nSPS) is 5.17. The predicted molar refractivity (Wildman–Crippen MR) is 28.1 cm³/mol. The second-order valence-corrected chi connectivity index (χ2v) is 1.04. The maximum absolute atomic E-state index is 8.81. The molecule has 6 heavy (non-hydrogen) atoms. The summed E-state index contributed by atoms with van der Waals surface area (Å²) < 4.78 is 0. The molecule has 0 atom stereocenters. The van der Waals surface area contributed by atoms with Crippen LogP contribution in [0.3, 0.4) is 0 Å². The van der Waals surface area contributed by atoms with E-state index in [4.69, 9.17) is 16.4 Å². The summed E-state index contributed by atoms with van der Waals surface area (Å²) in [5.74, 6) is 0.722. The Kier molecular flexibility index (Phi) is 31.6. The van der Waals surface area contributed by atoms with Gasteiger partial charge >= 0.3 is 0 Å². The second kappa shape index (κ2) is 20.2. The molecule has 0 aliphatic carbocycles. The zero-order chi connectivity index (χ0) is 5.41. The molecule has 0 heterocycles. The van der Waals surface area contributed by atoms with Crippen molar-refractivity contribution in [2.24, 2.45) is 0 Å². The Hall–Kier alpha value is -0.0400. The molecule has 0 aliphatic heterocycles. The third kappa shape index (κ3) is 21700. The van der Waals surface area contributed by atoms with E-state index in [-0.39, 0.29) is 0 Å². The van der Waals surface area contributed by atoms with Crippen LogP contribution < -0.4 is 0 Å². The van der Waals surface area contributed by atoms with Crippen molar-refractivity contribution in [1.29, 1.82) is 0 Å². The van der Waals surface area contributed by atoms with E-state index in [1.54, 1.807) is 0 Å². The molecule has 0 aromatic carbocycles. The Morgan fingerprint density at radius 3 is 1.83 bits per heavy atom. The SMILES string of the molecule is CC=O.CCCl. The maximum Gasteiger partial charge on any atom is 0.116 e. The number of rotatable bonds is 0. The van der Waals surface area contributed by atoms with Crippen LogP contribution in [0.5, 0.6) is 0 Å². The summed E-state index contributed by atoms with van der Waals surface area (Å²) in [5, 5.41) is 0. The van der Waals surface area contributed by atoms with Crippen LogP contribution in [-0.2, 0) is 4.79 Å². The first-order valence-corrected chi connectivity index (χ1v) is 2.32. The monoisotopic (exact) mass is 108 g/mol. The molecule has 0 bridgehead atoms. The molecule has 0 saturated carbocycles. The Morgan fingerprint density at radius 2 is 1.83 bits per heavy atom.